The number of rotatable bonds is 2. The van der Waals surface area contributed by atoms with Crippen molar-refractivity contribution in [3.05, 3.63) is 23.3 Å². The highest BCUT2D eigenvalue weighted by Crippen LogP contribution is 2.28. The van der Waals surface area contributed by atoms with Gasteiger partial charge in [0.25, 0.3) is 0 Å². The van der Waals surface area contributed by atoms with Gasteiger partial charge in [0.1, 0.15) is 5.75 Å². The minimum Gasteiger partial charge on any atom is -0.494 e. The van der Waals surface area contributed by atoms with Crippen molar-refractivity contribution in [3.63, 3.8) is 0 Å². The van der Waals surface area contributed by atoms with Crippen LogP contribution in [0.1, 0.15) is 11.1 Å². The van der Waals surface area contributed by atoms with Gasteiger partial charge in [0, 0.05) is 0 Å². The molecule has 0 fully saturated rings. The number of aliphatic hydroxyl groups is 1. The molecular formula is C9H13NO2. The van der Waals surface area contributed by atoms with E-state index < -0.39 is 0 Å². The second-order valence-electron chi connectivity index (χ2n) is 2.63. The predicted octanol–water partition coefficient (Wildman–Crippen LogP) is 1.08. The minimum atomic E-state index is 0.0163. The van der Waals surface area contributed by atoms with Gasteiger partial charge in [-0.2, -0.15) is 0 Å². The summed E-state index contributed by atoms with van der Waals surface area (Å²) in [6, 6.07) is 3.53. The molecular weight excluding hydrogens is 154 g/mol. The Balaban J connectivity index is 3.24. The summed E-state index contributed by atoms with van der Waals surface area (Å²) in [6.45, 7) is 1.89. The molecule has 1 rings (SSSR count). The van der Waals surface area contributed by atoms with E-state index >= 15 is 0 Å². The van der Waals surface area contributed by atoms with Gasteiger partial charge in [0.15, 0.2) is 0 Å². The van der Waals surface area contributed by atoms with Crippen molar-refractivity contribution in [1.29, 1.82) is 0 Å². The fourth-order valence-electron chi connectivity index (χ4n) is 1.20. The van der Waals surface area contributed by atoms with Crippen molar-refractivity contribution < 1.29 is 9.84 Å². The summed E-state index contributed by atoms with van der Waals surface area (Å²) < 4.78 is 5.08. The van der Waals surface area contributed by atoms with E-state index in [0.29, 0.717) is 11.4 Å². The molecule has 1 aromatic rings. The quantitative estimate of drug-likeness (QED) is 0.648. The van der Waals surface area contributed by atoms with Gasteiger partial charge in [-0.25, -0.2) is 0 Å². The summed E-state index contributed by atoms with van der Waals surface area (Å²) in [5, 5.41) is 8.93. The predicted molar refractivity (Wildman–Crippen MR) is 48.1 cm³/mol. The molecule has 0 aliphatic rings. The Labute approximate surface area is 71.8 Å². The van der Waals surface area contributed by atoms with E-state index in [0.717, 1.165) is 11.1 Å². The van der Waals surface area contributed by atoms with E-state index in [4.69, 9.17) is 15.6 Å². The third kappa shape index (κ3) is 1.36. The van der Waals surface area contributed by atoms with Gasteiger partial charge in [0.05, 0.1) is 19.4 Å². The van der Waals surface area contributed by atoms with Gasteiger partial charge in [0.2, 0.25) is 0 Å². The Hall–Kier alpha value is -1.22. The zero-order valence-electron chi connectivity index (χ0n) is 7.29. The molecule has 0 spiro atoms. The van der Waals surface area contributed by atoms with Gasteiger partial charge in [-0.05, 0) is 24.1 Å². The number of nitrogens with two attached hydrogens (primary N) is 1. The molecule has 0 saturated heterocycles. The van der Waals surface area contributed by atoms with Crippen molar-refractivity contribution in [1.82, 2.24) is 0 Å². The number of anilines is 1. The van der Waals surface area contributed by atoms with Gasteiger partial charge in [-0.1, -0.05) is 6.07 Å². The second-order valence-corrected chi connectivity index (χ2v) is 2.63. The lowest BCUT2D eigenvalue weighted by molar-refractivity contribution is 0.280. The van der Waals surface area contributed by atoms with Crippen LogP contribution >= 0.6 is 0 Å². The van der Waals surface area contributed by atoms with E-state index in [2.05, 4.69) is 0 Å². The lowest BCUT2D eigenvalue weighted by Crippen LogP contribution is -1.98. The highest BCUT2D eigenvalue weighted by atomic mass is 16.5. The number of nitrogen functional groups attached to an aromatic ring is 1. The van der Waals surface area contributed by atoms with Crippen LogP contribution in [0.15, 0.2) is 12.1 Å². The first-order valence-electron chi connectivity index (χ1n) is 3.73. The van der Waals surface area contributed by atoms with Crippen molar-refractivity contribution in [2.75, 3.05) is 12.8 Å². The summed E-state index contributed by atoms with van der Waals surface area (Å²) in [5.74, 6) is 0.654. The zero-order valence-corrected chi connectivity index (χ0v) is 7.29. The van der Waals surface area contributed by atoms with Crippen LogP contribution in [0.3, 0.4) is 0 Å². The average molecular weight is 167 g/mol. The third-order valence-electron chi connectivity index (χ3n) is 1.92. The Kier molecular flexibility index (Phi) is 2.55. The van der Waals surface area contributed by atoms with Crippen molar-refractivity contribution in [2.24, 2.45) is 0 Å². The first kappa shape index (κ1) is 8.87. The smallest absolute Gasteiger partial charge is 0.144 e. The fraction of sp³-hybridized carbons (Fsp3) is 0.333. The maximum Gasteiger partial charge on any atom is 0.144 e. The first-order chi connectivity index (χ1) is 5.70. The van der Waals surface area contributed by atoms with E-state index in [1.165, 1.54) is 0 Å². The van der Waals surface area contributed by atoms with Gasteiger partial charge in [-0.3, -0.25) is 0 Å². The molecule has 0 aliphatic heterocycles. The first-order valence-corrected chi connectivity index (χ1v) is 3.73. The molecule has 12 heavy (non-hydrogen) atoms. The average Bonchev–Trinajstić information content (AvgIpc) is 2.06. The highest BCUT2D eigenvalue weighted by Gasteiger charge is 2.06. The van der Waals surface area contributed by atoms with Crippen LogP contribution in [0, 0.1) is 6.92 Å². The lowest BCUT2D eigenvalue weighted by atomic mass is 10.1. The standard InChI is InChI=1S/C9H13NO2/c1-6-7(5-11)3-4-8(10)9(6)12-2/h3-4,11H,5,10H2,1-2H3. The minimum absolute atomic E-state index is 0.0163. The summed E-state index contributed by atoms with van der Waals surface area (Å²) in [5.41, 5.74) is 8.00. The molecule has 0 saturated carbocycles. The SMILES string of the molecule is COc1c(N)ccc(CO)c1C. The number of hydrogen-bond acceptors (Lipinski definition) is 3. The maximum absolute atomic E-state index is 8.93. The fourth-order valence-corrected chi connectivity index (χ4v) is 1.20. The number of benzene rings is 1. The van der Waals surface area contributed by atoms with E-state index in [9.17, 15) is 0 Å². The Morgan fingerprint density at radius 2 is 2.17 bits per heavy atom. The van der Waals surface area contributed by atoms with Crippen molar-refractivity contribution in [2.45, 2.75) is 13.5 Å². The van der Waals surface area contributed by atoms with E-state index in [1.807, 2.05) is 6.92 Å². The molecule has 66 valence electrons. The maximum atomic E-state index is 8.93. The monoisotopic (exact) mass is 167 g/mol. The Morgan fingerprint density at radius 1 is 1.50 bits per heavy atom. The van der Waals surface area contributed by atoms with Crippen LogP contribution in [-0.2, 0) is 6.61 Å². The zero-order chi connectivity index (χ0) is 9.14. The summed E-state index contributed by atoms with van der Waals surface area (Å²) >= 11 is 0. The lowest BCUT2D eigenvalue weighted by Gasteiger charge is -2.10. The summed E-state index contributed by atoms with van der Waals surface area (Å²) in [7, 11) is 1.57. The molecule has 1 aromatic carbocycles. The van der Waals surface area contributed by atoms with Gasteiger partial charge >= 0.3 is 0 Å². The topological polar surface area (TPSA) is 55.5 Å². The molecule has 0 atom stereocenters. The van der Waals surface area contributed by atoms with Crippen LogP contribution in [0.5, 0.6) is 5.75 Å². The third-order valence-corrected chi connectivity index (χ3v) is 1.92. The summed E-state index contributed by atoms with van der Waals surface area (Å²) in [6.07, 6.45) is 0. The number of aliphatic hydroxyl groups excluding tert-OH is 1. The molecule has 0 bridgehead atoms. The van der Waals surface area contributed by atoms with Crippen molar-refractivity contribution in [3.8, 4) is 5.75 Å². The number of ether oxygens (including phenoxy) is 1. The van der Waals surface area contributed by atoms with Gasteiger partial charge in [-0.15, -0.1) is 0 Å². The molecule has 0 radical (unpaired) electrons. The largest absolute Gasteiger partial charge is 0.494 e. The molecule has 3 N–H and O–H groups in total. The van der Waals surface area contributed by atoms with Gasteiger partial charge < -0.3 is 15.6 Å². The molecule has 0 unspecified atom stereocenters. The second kappa shape index (κ2) is 3.45. The Morgan fingerprint density at radius 3 is 2.67 bits per heavy atom. The highest BCUT2D eigenvalue weighted by molar-refractivity contribution is 5.58. The number of hydrogen-bond donors (Lipinski definition) is 2. The molecule has 0 aliphatic carbocycles. The van der Waals surface area contributed by atoms with E-state index in [1.54, 1.807) is 19.2 Å². The van der Waals surface area contributed by atoms with Crippen LogP contribution in [0.25, 0.3) is 0 Å². The van der Waals surface area contributed by atoms with Crippen LogP contribution < -0.4 is 10.5 Å². The van der Waals surface area contributed by atoms with E-state index in [-0.39, 0.29) is 6.61 Å². The van der Waals surface area contributed by atoms with Crippen LogP contribution in [0.2, 0.25) is 0 Å². The van der Waals surface area contributed by atoms with Crippen molar-refractivity contribution >= 4 is 5.69 Å². The molecule has 0 amide bonds. The van der Waals surface area contributed by atoms with Crippen LogP contribution in [0.4, 0.5) is 5.69 Å². The molecule has 3 heteroatoms. The summed E-state index contributed by atoms with van der Waals surface area (Å²) in [4.78, 5) is 0. The molecule has 0 heterocycles. The Bertz CT molecular complexity index is 284. The molecule has 0 aromatic heterocycles. The number of methoxy groups -OCH3 is 1. The van der Waals surface area contributed by atoms with Crippen LogP contribution in [-0.4, -0.2) is 12.2 Å². The molecule has 3 nitrogen and oxygen atoms in total. The normalized spacial score (nSPS) is 9.92.